The van der Waals surface area contributed by atoms with Gasteiger partial charge < -0.3 is 9.47 Å². The minimum Gasteiger partial charge on any atom is -0.443 e. The van der Waals surface area contributed by atoms with Gasteiger partial charge in [0.25, 0.3) is 0 Å². The normalized spacial score (nSPS) is 11.6. The van der Waals surface area contributed by atoms with Crippen molar-refractivity contribution in [1.29, 1.82) is 0 Å². The Morgan fingerprint density at radius 3 is 2.00 bits per heavy atom. The third kappa shape index (κ3) is 11.2. The molecule has 1 N–H and O–H groups in total. The first kappa shape index (κ1) is 25.9. The van der Waals surface area contributed by atoms with Crippen molar-refractivity contribution >= 4 is 33.9 Å². The van der Waals surface area contributed by atoms with E-state index in [0.717, 1.165) is 15.9 Å². The second-order valence-electron chi connectivity index (χ2n) is 8.99. The largest absolute Gasteiger partial charge is 0.443 e. The second-order valence-corrected chi connectivity index (χ2v) is 9.90. The molecule has 30 heavy (non-hydrogen) atoms. The van der Waals surface area contributed by atoms with Gasteiger partial charge in [0.2, 0.25) is 0 Å². The van der Waals surface area contributed by atoms with Crippen LogP contribution in [0.2, 0.25) is 0 Å². The fourth-order valence-corrected chi connectivity index (χ4v) is 2.70. The van der Waals surface area contributed by atoms with Crippen LogP contribution in [0.15, 0.2) is 28.7 Å². The molecule has 1 aromatic carbocycles. The number of Topliss-reactive ketones (excluding diaryl/α,β-unsaturated/α-hetero) is 1. The highest BCUT2D eigenvalue weighted by Gasteiger charge is 2.25. The van der Waals surface area contributed by atoms with E-state index >= 15 is 0 Å². The number of nitrogens with zero attached hydrogens (tertiary/aromatic N) is 1. The van der Waals surface area contributed by atoms with Gasteiger partial charge in [-0.25, -0.2) is 20.0 Å². The van der Waals surface area contributed by atoms with Crippen molar-refractivity contribution in [2.24, 2.45) is 0 Å². The highest BCUT2D eigenvalue weighted by molar-refractivity contribution is 9.10. The van der Waals surface area contributed by atoms with Gasteiger partial charge in [0.05, 0.1) is 0 Å². The molecule has 0 saturated heterocycles. The summed E-state index contributed by atoms with van der Waals surface area (Å²) in [4.78, 5) is 36.7. The van der Waals surface area contributed by atoms with E-state index in [0.29, 0.717) is 24.8 Å². The summed E-state index contributed by atoms with van der Waals surface area (Å²) >= 11 is 3.35. The lowest BCUT2D eigenvalue weighted by atomic mass is 10.0. The van der Waals surface area contributed by atoms with Crippen molar-refractivity contribution in [2.45, 2.75) is 78.4 Å². The van der Waals surface area contributed by atoms with Gasteiger partial charge in [-0.15, -0.1) is 0 Å². The number of ether oxygens (including phenoxy) is 2. The van der Waals surface area contributed by atoms with Crippen LogP contribution in [0.25, 0.3) is 0 Å². The Morgan fingerprint density at radius 1 is 0.900 bits per heavy atom. The molecule has 0 aromatic heterocycles. The molecule has 1 rings (SSSR count). The van der Waals surface area contributed by atoms with E-state index in [1.165, 1.54) is 0 Å². The maximum absolute atomic E-state index is 12.4. The van der Waals surface area contributed by atoms with Gasteiger partial charge >= 0.3 is 12.2 Å². The number of nitrogens with one attached hydrogen (secondary N) is 1. The van der Waals surface area contributed by atoms with E-state index in [9.17, 15) is 14.4 Å². The molecular formula is C22H33BrN2O5. The minimum absolute atomic E-state index is 0.0818. The highest BCUT2D eigenvalue weighted by Crippen LogP contribution is 2.15. The van der Waals surface area contributed by atoms with Crippen molar-refractivity contribution in [3.8, 4) is 0 Å². The summed E-state index contributed by atoms with van der Waals surface area (Å²) in [6, 6.07) is 7.27. The van der Waals surface area contributed by atoms with Crippen LogP contribution in [0.4, 0.5) is 9.59 Å². The summed E-state index contributed by atoms with van der Waals surface area (Å²) in [5.74, 6) is 0.0818. The lowest BCUT2D eigenvalue weighted by Crippen LogP contribution is -2.50. The molecule has 0 saturated carbocycles. The number of unbranched alkanes of at least 4 members (excludes halogenated alkanes) is 2. The summed E-state index contributed by atoms with van der Waals surface area (Å²) in [6.45, 7) is 10.7. The number of carbonyl (C=O) groups excluding carboxylic acids is 3. The summed E-state index contributed by atoms with van der Waals surface area (Å²) in [5, 5.41) is 1.12. The van der Waals surface area contributed by atoms with Crippen molar-refractivity contribution < 1.29 is 23.9 Å². The molecule has 0 radical (unpaired) electrons. The third-order valence-corrected chi connectivity index (χ3v) is 4.22. The fraction of sp³-hybridized carbons (Fsp3) is 0.591. The summed E-state index contributed by atoms with van der Waals surface area (Å²) in [5.41, 5.74) is 1.76. The van der Waals surface area contributed by atoms with Crippen LogP contribution in [0, 0.1) is 0 Å². The van der Waals surface area contributed by atoms with Crippen molar-refractivity contribution in [1.82, 2.24) is 10.4 Å². The number of halogens is 1. The van der Waals surface area contributed by atoms with Crippen LogP contribution in [0.3, 0.4) is 0 Å². The van der Waals surface area contributed by atoms with Crippen LogP contribution in [-0.4, -0.2) is 40.7 Å². The van der Waals surface area contributed by atoms with Crippen molar-refractivity contribution in [2.75, 3.05) is 6.54 Å². The molecule has 8 heteroatoms. The average molecular weight is 485 g/mol. The predicted molar refractivity (Wildman–Crippen MR) is 119 cm³/mol. The zero-order chi connectivity index (χ0) is 22.9. The number of hydrogen-bond acceptors (Lipinski definition) is 5. The number of carbonyl (C=O) groups is 3. The quantitative estimate of drug-likeness (QED) is 0.297. The predicted octanol–water partition coefficient (Wildman–Crippen LogP) is 5.87. The Hall–Kier alpha value is -2.09. The molecule has 168 valence electrons. The average Bonchev–Trinajstić information content (AvgIpc) is 2.57. The van der Waals surface area contributed by atoms with Gasteiger partial charge in [0, 0.05) is 23.0 Å². The van der Waals surface area contributed by atoms with Crippen LogP contribution < -0.4 is 5.43 Å². The number of hydrogen-bond donors (Lipinski definition) is 1. The van der Waals surface area contributed by atoms with Crippen LogP contribution in [0.1, 0.15) is 77.6 Å². The summed E-state index contributed by atoms with van der Waals surface area (Å²) in [6.07, 6.45) is 1.05. The van der Waals surface area contributed by atoms with E-state index in [-0.39, 0.29) is 12.3 Å². The molecule has 0 aliphatic heterocycles. The van der Waals surface area contributed by atoms with E-state index in [2.05, 4.69) is 21.4 Å². The number of benzene rings is 1. The van der Waals surface area contributed by atoms with E-state index in [4.69, 9.17) is 9.47 Å². The molecular weight excluding hydrogens is 452 g/mol. The van der Waals surface area contributed by atoms with Crippen molar-refractivity contribution in [3.05, 3.63) is 34.3 Å². The van der Waals surface area contributed by atoms with Gasteiger partial charge in [-0.05, 0) is 66.5 Å². The molecule has 0 fully saturated rings. The Morgan fingerprint density at radius 2 is 1.47 bits per heavy atom. The Bertz CT molecular complexity index is 721. The summed E-state index contributed by atoms with van der Waals surface area (Å²) < 4.78 is 11.5. The van der Waals surface area contributed by atoms with Crippen LogP contribution in [0.5, 0.6) is 0 Å². The van der Waals surface area contributed by atoms with Crippen LogP contribution in [-0.2, 0) is 9.47 Å². The minimum atomic E-state index is -0.723. The van der Waals surface area contributed by atoms with Gasteiger partial charge in [0.1, 0.15) is 11.2 Å². The lowest BCUT2D eigenvalue weighted by molar-refractivity contribution is 0.00101. The third-order valence-electron chi connectivity index (χ3n) is 3.69. The molecule has 0 atom stereocenters. The molecule has 1 aromatic rings. The molecule has 0 unspecified atom stereocenters. The Balaban J connectivity index is 2.53. The smallest absolute Gasteiger partial charge is 0.429 e. The summed E-state index contributed by atoms with van der Waals surface area (Å²) in [7, 11) is 0. The first-order chi connectivity index (χ1) is 13.8. The monoisotopic (exact) mass is 484 g/mol. The van der Waals surface area contributed by atoms with Gasteiger partial charge in [-0.2, -0.15) is 0 Å². The highest BCUT2D eigenvalue weighted by atomic mass is 79.9. The molecule has 0 aliphatic rings. The number of ketones is 1. The molecule has 0 heterocycles. The molecule has 0 spiro atoms. The Labute approximate surface area is 187 Å². The first-order valence-electron chi connectivity index (χ1n) is 10.1. The zero-order valence-corrected chi connectivity index (χ0v) is 20.3. The first-order valence-corrected chi connectivity index (χ1v) is 10.8. The maximum atomic E-state index is 12.4. The standard InChI is InChI=1S/C22H33BrN2O5/c1-21(2,3)29-19(27)24-25(20(28)30-22(4,5)6)15-9-7-8-10-18(26)16-11-13-17(23)14-12-16/h11-14H,7-10,15H2,1-6H3,(H,24,27). The van der Waals surface area contributed by atoms with Crippen LogP contribution >= 0.6 is 15.9 Å². The SMILES string of the molecule is CC(C)(C)OC(=O)NN(CCCCCC(=O)c1ccc(Br)cc1)C(=O)OC(C)(C)C. The lowest BCUT2D eigenvalue weighted by Gasteiger charge is -2.28. The topological polar surface area (TPSA) is 84.9 Å². The number of amides is 2. The zero-order valence-electron chi connectivity index (χ0n) is 18.7. The maximum Gasteiger partial charge on any atom is 0.429 e. The molecule has 0 aliphatic carbocycles. The van der Waals surface area contributed by atoms with Gasteiger partial charge in [-0.3, -0.25) is 4.79 Å². The van der Waals surface area contributed by atoms with E-state index in [1.807, 2.05) is 12.1 Å². The van der Waals surface area contributed by atoms with Gasteiger partial charge in [0.15, 0.2) is 5.78 Å². The number of rotatable bonds is 7. The molecule has 0 bridgehead atoms. The fourth-order valence-electron chi connectivity index (χ4n) is 2.43. The van der Waals surface area contributed by atoms with Gasteiger partial charge in [-0.1, -0.05) is 34.5 Å². The molecule has 2 amide bonds. The van der Waals surface area contributed by atoms with E-state index in [1.54, 1.807) is 53.7 Å². The number of hydrazine groups is 1. The van der Waals surface area contributed by atoms with Crippen molar-refractivity contribution in [3.63, 3.8) is 0 Å². The second kappa shape index (κ2) is 11.3. The molecule has 7 nitrogen and oxygen atoms in total. The Kier molecular flexibility index (Phi) is 9.81. The van der Waals surface area contributed by atoms with E-state index < -0.39 is 23.4 Å².